The number of hydrogen-bond donors (Lipinski definition) is 0. The third-order valence-corrected chi connectivity index (χ3v) is 3.88. The molecule has 0 aromatic heterocycles. The summed E-state index contributed by atoms with van der Waals surface area (Å²) in [6.07, 6.45) is 3.14. The lowest BCUT2D eigenvalue weighted by Gasteiger charge is -2.14. The lowest BCUT2D eigenvalue weighted by molar-refractivity contribution is -0.142. The fourth-order valence-electron chi connectivity index (χ4n) is 1.50. The van der Waals surface area contributed by atoms with Gasteiger partial charge in [0.05, 0.1) is 12.8 Å². The predicted molar refractivity (Wildman–Crippen MR) is 72.2 cm³/mol. The molecule has 0 spiro atoms. The Kier molecular flexibility index (Phi) is 10.7. The topological polar surface area (TPSA) is 26.3 Å². The van der Waals surface area contributed by atoms with Gasteiger partial charge >= 0.3 is 5.97 Å². The van der Waals surface area contributed by atoms with E-state index in [0.29, 0.717) is 19.4 Å². The van der Waals surface area contributed by atoms with Gasteiger partial charge in [-0.2, -0.15) is 0 Å². The molecule has 2 nitrogen and oxygen atoms in total. The Morgan fingerprint density at radius 3 is 2.53 bits per heavy atom. The zero-order valence-corrected chi connectivity index (χ0v) is 12.0. The van der Waals surface area contributed by atoms with E-state index < -0.39 is 6.17 Å². The van der Waals surface area contributed by atoms with Crippen molar-refractivity contribution in [2.75, 3.05) is 12.4 Å². The van der Waals surface area contributed by atoms with Gasteiger partial charge in [-0.3, -0.25) is 4.79 Å². The maximum atomic E-state index is 13.0. The number of carbonyl (C=O) groups is 1. The molecule has 0 saturated heterocycles. The molecular weight excluding hydrogens is 239 g/mol. The summed E-state index contributed by atoms with van der Waals surface area (Å²) >= 11 is 1.61. The molecule has 102 valence electrons. The largest absolute Gasteiger partial charge is 0.465 e. The highest BCUT2D eigenvalue weighted by molar-refractivity contribution is 8.00. The quantitative estimate of drug-likeness (QED) is 0.441. The maximum absolute atomic E-state index is 13.0. The van der Waals surface area contributed by atoms with E-state index in [-0.39, 0.29) is 11.2 Å². The maximum Gasteiger partial charge on any atom is 0.319 e. The first-order valence-electron chi connectivity index (χ1n) is 6.57. The first kappa shape index (κ1) is 16.8. The van der Waals surface area contributed by atoms with Crippen LogP contribution in [0.15, 0.2) is 0 Å². The second-order valence-electron chi connectivity index (χ2n) is 4.05. The van der Waals surface area contributed by atoms with Crippen molar-refractivity contribution in [1.29, 1.82) is 0 Å². The van der Waals surface area contributed by atoms with Gasteiger partial charge in [-0.1, -0.05) is 20.3 Å². The minimum absolute atomic E-state index is 0.0698. The highest BCUT2D eigenvalue weighted by Crippen LogP contribution is 2.20. The van der Waals surface area contributed by atoms with Crippen LogP contribution in [0.3, 0.4) is 0 Å². The number of halogens is 1. The molecule has 0 aliphatic carbocycles. The van der Waals surface area contributed by atoms with Crippen molar-refractivity contribution in [3.05, 3.63) is 0 Å². The van der Waals surface area contributed by atoms with Crippen LogP contribution in [0.2, 0.25) is 0 Å². The van der Waals surface area contributed by atoms with Crippen LogP contribution < -0.4 is 0 Å². The monoisotopic (exact) mass is 264 g/mol. The van der Waals surface area contributed by atoms with Gasteiger partial charge in [0.25, 0.3) is 0 Å². The van der Waals surface area contributed by atoms with Crippen molar-refractivity contribution in [1.82, 2.24) is 0 Å². The second kappa shape index (κ2) is 10.9. The smallest absolute Gasteiger partial charge is 0.319 e. The molecule has 2 unspecified atom stereocenters. The first-order valence-corrected chi connectivity index (χ1v) is 7.62. The van der Waals surface area contributed by atoms with Gasteiger partial charge in [-0.05, 0) is 38.4 Å². The molecule has 0 saturated carbocycles. The predicted octanol–water partition coefficient (Wildman–Crippen LogP) is 3.98. The van der Waals surface area contributed by atoms with Crippen LogP contribution in [0.1, 0.15) is 52.9 Å². The minimum Gasteiger partial charge on any atom is -0.465 e. The summed E-state index contributed by atoms with van der Waals surface area (Å²) < 4.78 is 18.0. The van der Waals surface area contributed by atoms with Crippen LogP contribution in [0.5, 0.6) is 0 Å². The van der Waals surface area contributed by atoms with Crippen molar-refractivity contribution in [3.63, 3.8) is 0 Å². The van der Waals surface area contributed by atoms with E-state index in [0.717, 1.165) is 25.0 Å². The second-order valence-corrected chi connectivity index (χ2v) is 5.36. The Labute approximate surface area is 109 Å². The summed E-state index contributed by atoms with van der Waals surface area (Å²) in [5.41, 5.74) is 0. The fraction of sp³-hybridized carbons (Fsp3) is 0.923. The summed E-state index contributed by atoms with van der Waals surface area (Å²) in [6.45, 7) is 6.17. The molecule has 17 heavy (non-hydrogen) atoms. The molecule has 4 heteroatoms. The Bertz CT molecular complexity index is 200. The van der Waals surface area contributed by atoms with Gasteiger partial charge in [0, 0.05) is 0 Å². The molecule has 2 atom stereocenters. The van der Waals surface area contributed by atoms with Gasteiger partial charge in [0.1, 0.15) is 5.25 Å². The Hall–Kier alpha value is -0.250. The number of rotatable bonds is 10. The molecule has 0 aromatic carbocycles. The molecule has 0 heterocycles. The summed E-state index contributed by atoms with van der Waals surface area (Å²) in [7, 11) is 0. The average Bonchev–Trinajstić information content (AvgIpc) is 2.32. The molecule has 0 fully saturated rings. The Morgan fingerprint density at radius 1 is 1.29 bits per heavy atom. The van der Waals surface area contributed by atoms with Gasteiger partial charge < -0.3 is 4.74 Å². The number of ether oxygens (including phenoxy) is 1. The minimum atomic E-state index is -0.692. The zero-order chi connectivity index (χ0) is 13.1. The molecule has 0 radical (unpaired) electrons. The third-order valence-electron chi connectivity index (χ3n) is 2.52. The van der Waals surface area contributed by atoms with E-state index in [1.54, 1.807) is 11.8 Å². The van der Waals surface area contributed by atoms with E-state index >= 15 is 0 Å². The average molecular weight is 264 g/mol. The van der Waals surface area contributed by atoms with Crippen LogP contribution >= 0.6 is 11.8 Å². The van der Waals surface area contributed by atoms with Crippen molar-refractivity contribution < 1.29 is 13.9 Å². The van der Waals surface area contributed by atoms with Crippen LogP contribution in [0, 0.1) is 0 Å². The van der Waals surface area contributed by atoms with E-state index in [1.807, 2.05) is 13.8 Å². The summed E-state index contributed by atoms with van der Waals surface area (Å²) in [5.74, 6) is 0.718. The Morgan fingerprint density at radius 2 is 2.00 bits per heavy atom. The van der Waals surface area contributed by atoms with Crippen LogP contribution in [-0.2, 0) is 9.53 Å². The van der Waals surface area contributed by atoms with E-state index in [2.05, 4.69) is 6.92 Å². The number of alkyl halides is 1. The van der Waals surface area contributed by atoms with Crippen LogP contribution in [0.25, 0.3) is 0 Å². The van der Waals surface area contributed by atoms with E-state index in [4.69, 9.17) is 4.74 Å². The van der Waals surface area contributed by atoms with Gasteiger partial charge in [-0.15, -0.1) is 11.8 Å². The normalized spacial score (nSPS) is 14.4. The van der Waals surface area contributed by atoms with Crippen molar-refractivity contribution in [2.45, 2.75) is 64.3 Å². The number of carbonyl (C=O) groups excluding carboxylic acids is 1. The van der Waals surface area contributed by atoms with Gasteiger partial charge in [0.2, 0.25) is 0 Å². The molecule has 0 amide bonds. The Balaban J connectivity index is 3.80. The molecule has 0 rings (SSSR count). The molecule has 0 bridgehead atoms. The molecule has 0 N–H and O–H groups in total. The highest BCUT2D eigenvalue weighted by Gasteiger charge is 2.18. The summed E-state index contributed by atoms with van der Waals surface area (Å²) in [6, 6.07) is 0. The van der Waals surface area contributed by atoms with Gasteiger partial charge in [-0.25, -0.2) is 4.39 Å². The molecule has 0 aromatic rings. The summed E-state index contributed by atoms with van der Waals surface area (Å²) in [4.78, 5) is 11.6. The fourth-order valence-corrected chi connectivity index (χ4v) is 2.73. The van der Waals surface area contributed by atoms with Crippen molar-refractivity contribution in [2.24, 2.45) is 0 Å². The third kappa shape index (κ3) is 8.47. The standard InChI is InChI=1S/C13H25FO2S/c1-4-8-12(13(15)16-6-3)17-10-7-9-11(14)5-2/h11-12H,4-10H2,1-3H3. The van der Waals surface area contributed by atoms with E-state index in [1.165, 1.54) is 0 Å². The highest BCUT2D eigenvalue weighted by atomic mass is 32.2. The van der Waals surface area contributed by atoms with Crippen molar-refractivity contribution >= 4 is 17.7 Å². The van der Waals surface area contributed by atoms with E-state index in [9.17, 15) is 9.18 Å². The number of thioether (sulfide) groups is 1. The van der Waals surface area contributed by atoms with Gasteiger partial charge in [0.15, 0.2) is 0 Å². The molecule has 0 aliphatic rings. The SMILES string of the molecule is CCCC(SCCCC(F)CC)C(=O)OCC. The number of esters is 1. The van der Waals surface area contributed by atoms with Crippen molar-refractivity contribution in [3.8, 4) is 0 Å². The molecule has 0 aliphatic heterocycles. The van der Waals surface area contributed by atoms with Crippen LogP contribution in [0.4, 0.5) is 4.39 Å². The summed E-state index contributed by atoms with van der Waals surface area (Å²) in [5, 5.41) is -0.0698. The lowest BCUT2D eigenvalue weighted by atomic mass is 10.2. The number of hydrogen-bond acceptors (Lipinski definition) is 3. The zero-order valence-electron chi connectivity index (χ0n) is 11.2. The van der Waals surface area contributed by atoms with Crippen LogP contribution in [-0.4, -0.2) is 29.8 Å². The lowest BCUT2D eigenvalue weighted by Crippen LogP contribution is -2.20. The first-order chi connectivity index (χ1) is 8.15. The molecular formula is C13H25FO2S.